The van der Waals surface area contributed by atoms with Crippen LogP contribution in [0.2, 0.25) is 0 Å². The van der Waals surface area contributed by atoms with E-state index in [2.05, 4.69) is 5.32 Å². The van der Waals surface area contributed by atoms with Crippen molar-refractivity contribution >= 4 is 23.6 Å². The highest BCUT2D eigenvalue weighted by Crippen LogP contribution is 2.22. The number of fused-ring (bicyclic) bond motifs is 1. The second kappa shape index (κ2) is 11.8. The average molecular weight is 475 g/mol. The van der Waals surface area contributed by atoms with Gasteiger partial charge in [-0.05, 0) is 31.9 Å². The highest BCUT2D eigenvalue weighted by molar-refractivity contribution is 6.01. The summed E-state index contributed by atoms with van der Waals surface area (Å²) in [6.07, 6.45) is 1.37. The number of hydrogen-bond acceptors (Lipinski definition) is 6. The number of nitrogens with zero attached hydrogens (tertiary/aromatic N) is 3. The van der Waals surface area contributed by atoms with Crippen LogP contribution in [0.25, 0.3) is 0 Å². The van der Waals surface area contributed by atoms with Crippen molar-refractivity contribution in [2.75, 3.05) is 53.6 Å². The summed E-state index contributed by atoms with van der Waals surface area (Å²) in [5.41, 5.74) is 0.266. The zero-order valence-electron chi connectivity index (χ0n) is 20.1. The van der Waals surface area contributed by atoms with Gasteiger partial charge in [0.05, 0.1) is 37.7 Å². The maximum Gasteiger partial charge on any atom is 0.255 e. The second-order valence-electron chi connectivity index (χ2n) is 8.58. The molecule has 186 valence electrons. The Morgan fingerprint density at radius 2 is 1.94 bits per heavy atom. The highest BCUT2D eigenvalue weighted by atomic mass is 16.5. The van der Waals surface area contributed by atoms with Crippen molar-refractivity contribution in [2.45, 2.75) is 38.3 Å². The van der Waals surface area contributed by atoms with E-state index in [1.165, 1.54) is 11.9 Å². The topological polar surface area (TPSA) is 108 Å². The van der Waals surface area contributed by atoms with Crippen molar-refractivity contribution < 1.29 is 28.7 Å². The number of rotatable bonds is 4. The van der Waals surface area contributed by atoms with Gasteiger partial charge in [0.15, 0.2) is 0 Å². The van der Waals surface area contributed by atoms with E-state index in [9.17, 15) is 19.2 Å². The predicted octanol–water partition coefficient (Wildman–Crippen LogP) is 0.512. The molecular weight excluding hydrogens is 440 g/mol. The first-order chi connectivity index (χ1) is 16.3. The van der Waals surface area contributed by atoms with E-state index in [0.717, 1.165) is 12.8 Å². The van der Waals surface area contributed by atoms with Crippen LogP contribution in [-0.2, 0) is 19.1 Å². The molecular formula is C24H34N4O6. The Morgan fingerprint density at radius 1 is 1.18 bits per heavy atom. The number of carbonyl (C=O) groups is 4. The molecule has 34 heavy (non-hydrogen) atoms. The molecule has 0 spiro atoms. The Hall–Kier alpha value is -3.14. The monoisotopic (exact) mass is 474 g/mol. The van der Waals surface area contributed by atoms with Gasteiger partial charge in [0.2, 0.25) is 17.7 Å². The summed E-state index contributed by atoms with van der Waals surface area (Å²) < 4.78 is 11.1. The predicted molar refractivity (Wildman–Crippen MR) is 124 cm³/mol. The Bertz CT molecular complexity index is 907. The maximum absolute atomic E-state index is 13.5. The lowest BCUT2D eigenvalue weighted by Crippen LogP contribution is -2.53. The maximum atomic E-state index is 13.5. The number of carbonyl (C=O) groups excluding carboxylic acids is 4. The molecule has 10 nitrogen and oxygen atoms in total. The van der Waals surface area contributed by atoms with Crippen LogP contribution in [0, 0.1) is 0 Å². The molecule has 1 aromatic rings. The van der Waals surface area contributed by atoms with Gasteiger partial charge in [-0.15, -0.1) is 0 Å². The molecule has 1 aromatic carbocycles. The van der Waals surface area contributed by atoms with Gasteiger partial charge in [-0.2, -0.15) is 0 Å². The summed E-state index contributed by atoms with van der Waals surface area (Å²) in [6.45, 7) is 3.63. The van der Waals surface area contributed by atoms with Gasteiger partial charge in [0.1, 0.15) is 18.4 Å². The third-order valence-electron chi connectivity index (χ3n) is 6.28. The van der Waals surface area contributed by atoms with Crippen molar-refractivity contribution in [1.29, 1.82) is 0 Å². The van der Waals surface area contributed by atoms with E-state index >= 15 is 0 Å². The SMILES string of the molecule is CCN1CCOc2ccccc2C(=O)N[C@H](C(=O)N2CCC[C@H]2COC)CC(=O)N(C)CC1=O. The summed E-state index contributed by atoms with van der Waals surface area (Å²) in [5, 5.41) is 2.75. The van der Waals surface area contributed by atoms with Crippen LogP contribution < -0.4 is 10.1 Å². The van der Waals surface area contributed by atoms with Gasteiger partial charge >= 0.3 is 0 Å². The minimum atomic E-state index is -1.08. The van der Waals surface area contributed by atoms with Crippen LogP contribution in [-0.4, -0.2) is 104 Å². The smallest absolute Gasteiger partial charge is 0.255 e. The van der Waals surface area contributed by atoms with Crippen molar-refractivity contribution in [2.24, 2.45) is 0 Å². The number of nitrogens with one attached hydrogen (secondary N) is 1. The minimum absolute atomic E-state index is 0.106. The van der Waals surface area contributed by atoms with Crippen molar-refractivity contribution in [1.82, 2.24) is 20.0 Å². The number of amides is 4. The number of ether oxygens (including phenoxy) is 2. The molecule has 10 heteroatoms. The zero-order valence-corrected chi connectivity index (χ0v) is 20.1. The van der Waals surface area contributed by atoms with Crippen LogP contribution in [0.5, 0.6) is 5.75 Å². The first-order valence-corrected chi connectivity index (χ1v) is 11.7. The van der Waals surface area contributed by atoms with Crippen LogP contribution in [0.15, 0.2) is 24.3 Å². The number of likely N-dealkylation sites (tertiary alicyclic amines) is 1. The van der Waals surface area contributed by atoms with E-state index < -0.39 is 17.9 Å². The number of benzene rings is 1. The third kappa shape index (κ3) is 6.05. The highest BCUT2D eigenvalue weighted by Gasteiger charge is 2.36. The summed E-state index contributed by atoms with van der Waals surface area (Å²) in [6, 6.07) is 5.55. The normalized spacial score (nSPS) is 22.7. The summed E-state index contributed by atoms with van der Waals surface area (Å²) in [5.74, 6) is -1.08. The molecule has 1 saturated heterocycles. The molecule has 0 aromatic heterocycles. The summed E-state index contributed by atoms with van der Waals surface area (Å²) in [4.78, 5) is 57.0. The Kier molecular flexibility index (Phi) is 8.86. The lowest BCUT2D eigenvalue weighted by Gasteiger charge is -2.30. The van der Waals surface area contributed by atoms with Crippen molar-refractivity contribution in [3.05, 3.63) is 29.8 Å². The fraction of sp³-hybridized carbons (Fsp3) is 0.583. The average Bonchev–Trinajstić information content (AvgIpc) is 3.28. The number of likely N-dealkylation sites (N-methyl/N-ethyl adjacent to an activating group) is 2. The fourth-order valence-corrected chi connectivity index (χ4v) is 4.35. The van der Waals surface area contributed by atoms with E-state index in [-0.39, 0.29) is 43.0 Å². The first kappa shape index (κ1) is 25.5. The number of hydrogen-bond donors (Lipinski definition) is 1. The molecule has 1 N–H and O–H groups in total. The van der Waals surface area contributed by atoms with Crippen molar-refractivity contribution in [3.8, 4) is 5.75 Å². The molecule has 4 amide bonds. The second-order valence-corrected chi connectivity index (χ2v) is 8.58. The van der Waals surface area contributed by atoms with E-state index in [1.807, 2.05) is 6.92 Å². The quantitative estimate of drug-likeness (QED) is 0.681. The molecule has 2 atom stereocenters. The standard InChI is InChI=1S/C24H34N4O6/c1-4-27-12-13-34-20-10-6-5-9-18(20)23(31)25-19(14-21(29)26(2)15-22(27)30)24(32)28-11-7-8-17(28)16-33-3/h5-6,9-10,17,19H,4,7-8,11-16H2,1-3H3,(H,25,31)/t17-,19-/m0/s1. The minimum Gasteiger partial charge on any atom is -0.491 e. The Balaban J connectivity index is 1.91. The lowest BCUT2D eigenvalue weighted by molar-refractivity contribution is -0.142. The number of para-hydroxylation sites is 1. The molecule has 2 heterocycles. The largest absolute Gasteiger partial charge is 0.491 e. The van der Waals surface area contributed by atoms with E-state index in [4.69, 9.17) is 9.47 Å². The fourth-order valence-electron chi connectivity index (χ4n) is 4.35. The summed E-state index contributed by atoms with van der Waals surface area (Å²) >= 11 is 0. The van der Waals surface area contributed by atoms with Crippen LogP contribution in [0.4, 0.5) is 0 Å². The molecule has 0 aliphatic carbocycles. The van der Waals surface area contributed by atoms with E-state index in [1.54, 1.807) is 41.2 Å². The molecule has 2 aliphatic rings. The van der Waals surface area contributed by atoms with Gasteiger partial charge in [-0.25, -0.2) is 0 Å². The Labute approximate surface area is 200 Å². The van der Waals surface area contributed by atoms with Gasteiger partial charge in [-0.3, -0.25) is 19.2 Å². The lowest BCUT2D eigenvalue weighted by atomic mass is 10.1. The van der Waals surface area contributed by atoms with Gasteiger partial charge in [-0.1, -0.05) is 12.1 Å². The zero-order chi connectivity index (χ0) is 24.7. The van der Waals surface area contributed by atoms with Crippen LogP contribution >= 0.6 is 0 Å². The molecule has 0 saturated carbocycles. The van der Waals surface area contributed by atoms with Crippen molar-refractivity contribution in [3.63, 3.8) is 0 Å². The molecule has 3 rings (SSSR count). The first-order valence-electron chi connectivity index (χ1n) is 11.7. The molecule has 1 fully saturated rings. The molecule has 0 radical (unpaired) electrons. The molecule has 2 aliphatic heterocycles. The number of methoxy groups -OCH3 is 1. The van der Waals surface area contributed by atoms with Crippen LogP contribution in [0.3, 0.4) is 0 Å². The van der Waals surface area contributed by atoms with Crippen LogP contribution in [0.1, 0.15) is 36.5 Å². The molecule has 0 bridgehead atoms. The van der Waals surface area contributed by atoms with Gasteiger partial charge in [0.25, 0.3) is 5.91 Å². The summed E-state index contributed by atoms with van der Waals surface area (Å²) in [7, 11) is 3.11. The third-order valence-corrected chi connectivity index (χ3v) is 6.28. The molecule has 0 unspecified atom stereocenters. The Morgan fingerprint density at radius 3 is 2.68 bits per heavy atom. The van der Waals surface area contributed by atoms with Gasteiger partial charge < -0.3 is 29.5 Å². The van der Waals surface area contributed by atoms with E-state index in [0.29, 0.717) is 32.0 Å². The van der Waals surface area contributed by atoms with Gasteiger partial charge in [0, 0.05) is 27.2 Å².